The Bertz CT molecular complexity index is 1790. The standard InChI is InChI=1S/C26H28N8O4S/c1-4-7-23-29-17(3)24-26(35)30-25(31-34(23)24)21-13-20(10-11-22(21)38-5-2)39(36,37)32-19-9-6-8-18(12-19)14-33-16-27-15-28-33/h6,8-13,15-16,32H,4-5,7,14H2,1-3H3,(H,30,31,35). The highest BCUT2D eigenvalue weighted by atomic mass is 32.2. The summed E-state index contributed by atoms with van der Waals surface area (Å²) in [4.78, 5) is 24.2. The molecule has 0 aliphatic rings. The first-order valence-electron chi connectivity index (χ1n) is 12.5. The molecule has 0 aliphatic heterocycles. The molecule has 12 nitrogen and oxygen atoms in total. The van der Waals surface area contributed by atoms with E-state index in [2.05, 4.69) is 29.9 Å². The molecule has 0 aliphatic carbocycles. The Morgan fingerprint density at radius 3 is 2.72 bits per heavy atom. The predicted octanol–water partition coefficient (Wildman–Crippen LogP) is 3.18. The number of fused-ring (bicyclic) bond motifs is 1. The van der Waals surface area contributed by atoms with E-state index in [0.29, 0.717) is 53.6 Å². The fraction of sp³-hybridized carbons (Fsp3) is 0.269. The molecule has 0 unspecified atom stereocenters. The van der Waals surface area contributed by atoms with Gasteiger partial charge >= 0.3 is 0 Å². The Labute approximate surface area is 224 Å². The Hall–Kier alpha value is -4.52. The van der Waals surface area contributed by atoms with Crippen LogP contribution in [-0.2, 0) is 23.0 Å². The second kappa shape index (κ2) is 10.7. The normalized spacial score (nSPS) is 11.7. The van der Waals surface area contributed by atoms with Gasteiger partial charge in [0.05, 0.1) is 29.3 Å². The molecule has 0 spiro atoms. The van der Waals surface area contributed by atoms with Crippen molar-refractivity contribution in [2.75, 3.05) is 11.3 Å². The molecule has 5 rings (SSSR count). The lowest BCUT2D eigenvalue weighted by Crippen LogP contribution is -2.17. The molecule has 0 bridgehead atoms. The Morgan fingerprint density at radius 2 is 1.97 bits per heavy atom. The average Bonchev–Trinajstić information content (AvgIpc) is 3.52. The van der Waals surface area contributed by atoms with Crippen molar-refractivity contribution < 1.29 is 13.2 Å². The first kappa shape index (κ1) is 26.1. The molecule has 2 N–H and O–H groups in total. The van der Waals surface area contributed by atoms with Gasteiger partial charge in [0, 0.05) is 12.1 Å². The van der Waals surface area contributed by atoms with Gasteiger partial charge in [-0.3, -0.25) is 9.52 Å². The number of hydrogen-bond donors (Lipinski definition) is 2. The molecule has 3 heterocycles. The second-order valence-electron chi connectivity index (χ2n) is 8.92. The maximum Gasteiger partial charge on any atom is 0.277 e. The highest BCUT2D eigenvalue weighted by Crippen LogP contribution is 2.31. The average molecular weight is 549 g/mol. The van der Waals surface area contributed by atoms with Gasteiger partial charge in [0.25, 0.3) is 15.6 Å². The number of ether oxygens (including phenoxy) is 1. The van der Waals surface area contributed by atoms with Crippen LogP contribution in [0.5, 0.6) is 5.75 Å². The van der Waals surface area contributed by atoms with E-state index < -0.39 is 10.0 Å². The first-order chi connectivity index (χ1) is 18.8. The molecule has 0 amide bonds. The molecule has 0 radical (unpaired) electrons. The van der Waals surface area contributed by atoms with Crippen molar-refractivity contribution >= 4 is 21.2 Å². The zero-order valence-electron chi connectivity index (χ0n) is 21.7. The monoisotopic (exact) mass is 548 g/mol. The summed E-state index contributed by atoms with van der Waals surface area (Å²) in [5.41, 5.74) is 2.15. The number of imidazole rings is 1. The van der Waals surface area contributed by atoms with E-state index in [-0.39, 0.29) is 16.3 Å². The van der Waals surface area contributed by atoms with Crippen molar-refractivity contribution in [3.63, 3.8) is 0 Å². The Morgan fingerprint density at radius 1 is 1.13 bits per heavy atom. The summed E-state index contributed by atoms with van der Waals surface area (Å²) in [7, 11) is -4.00. The third kappa shape index (κ3) is 5.39. The third-order valence-electron chi connectivity index (χ3n) is 6.02. The summed E-state index contributed by atoms with van der Waals surface area (Å²) in [5.74, 6) is 1.23. The van der Waals surface area contributed by atoms with Crippen LogP contribution in [-0.4, -0.2) is 49.4 Å². The van der Waals surface area contributed by atoms with Gasteiger partial charge < -0.3 is 9.72 Å². The lowest BCUT2D eigenvalue weighted by molar-refractivity contribution is 0.341. The summed E-state index contributed by atoms with van der Waals surface area (Å²) in [6.45, 7) is 6.38. The molecule has 0 saturated heterocycles. The van der Waals surface area contributed by atoms with Crippen molar-refractivity contribution in [3.05, 3.63) is 82.6 Å². The molecule has 0 atom stereocenters. The van der Waals surface area contributed by atoms with E-state index >= 15 is 0 Å². The number of benzene rings is 2. The van der Waals surface area contributed by atoms with Crippen LogP contribution in [0.25, 0.3) is 16.9 Å². The molecule has 5 aromatic rings. The minimum atomic E-state index is -4.00. The summed E-state index contributed by atoms with van der Waals surface area (Å²) in [5, 5.41) is 8.72. The van der Waals surface area contributed by atoms with Gasteiger partial charge in [0.1, 0.15) is 24.2 Å². The van der Waals surface area contributed by atoms with Gasteiger partial charge in [0.2, 0.25) is 0 Å². The number of nitrogens with one attached hydrogen (secondary N) is 2. The first-order valence-corrected chi connectivity index (χ1v) is 14.0. The number of hydrogen-bond acceptors (Lipinski definition) is 8. The molecule has 39 heavy (non-hydrogen) atoms. The van der Waals surface area contributed by atoms with Gasteiger partial charge in [-0.15, -0.1) is 5.10 Å². The van der Waals surface area contributed by atoms with E-state index in [1.807, 2.05) is 19.9 Å². The van der Waals surface area contributed by atoms with Gasteiger partial charge in [-0.1, -0.05) is 19.1 Å². The summed E-state index contributed by atoms with van der Waals surface area (Å²) >= 11 is 0. The Kier molecular flexibility index (Phi) is 7.15. The summed E-state index contributed by atoms with van der Waals surface area (Å²) in [6, 6.07) is 11.5. The number of aromatic nitrogens is 7. The quantitative estimate of drug-likeness (QED) is 0.270. The van der Waals surface area contributed by atoms with Crippen LogP contribution >= 0.6 is 0 Å². The van der Waals surface area contributed by atoms with Gasteiger partial charge in [-0.05, 0) is 56.2 Å². The number of rotatable bonds is 10. The molecule has 13 heteroatoms. The van der Waals surface area contributed by atoms with Crippen molar-refractivity contribution in [2.45, 2.75) is 45.1 Å². The molecular formula is C26H28N8O4S. The third-order valence-corrected chi connectivity index (χ3v) is 7.40. The molecule has 202 valence electrons. The molecule has 0 fully saturated rings. The van der Waals surface area contributed by atoms with Crippen LogP contribution in [0.1, 0.15) is 37.4 Å². The minimum Gasteiger partial charge on any atom is -0.493 e. The van der Waals surface area contributed by atoms with E-state index in [1.54, 1.807) is 42.2 Å². The van der Waals surface area contributed by atoms with Crippen molar-refractivity contribution in [1.29, 1.82) is 0 Å². The number of sulfonamides is 1. The predicted molar refractivity (Wildman–Crippen MR) is 145 cm³/mol. The maximum atomic E-state index is 13.4. The number of nitrogens with zero attached hydrogens (tertiary/aromatic N) is 6. The van der Waals surface area contributed by atoms with E-state index in [4.69, 9.17) is 4.74 Å². The molecular weight excluding hydrogens is 520 g/mol. The highest BCUT2D eigenvalue weighted by molar-refractivity contribution is 7.92. The van der Waals surface area contributed by atoms with Crippen LogP contribution in [0.3, 0.4) is 0 Å². The van der Waals surface area contributed by atoms with Crippen molar-refractivity contribution in [2.24, 2.45) is 0 Å². The van der Waals surface area contributed by atoms with Crippen LogP contribution in [0.2, 0.25) is 0 Å². The Balaban J connectivity index is 1.53. The van der Waals surface area contributed by atoms with Crippen LogP contribution in [0.4, 0.5) is 5.69 Å². The van der Waals surface area contributed by atoms with Gasteiger partial charge in [-0.25, -0.2) is 27.6 Å². The number of anilines is 1. The second-order valence-corrected chi connectivity index (χ2v) is 10.6. The zero-order valence-corrected chi connectivity index (χ0v) is 22.6. The largest absolute Gasteiger partial charge is 0.493 e. The van der Waals surface area contributed by atoms with Crippen LogP contribution < -0.4 is 15.0 Å². The van der Waals surface area contributed by atoms with Gasteiger partial charge in [-0.2, -0.15) is 5.10 Å². The topological polar surface area (TPSA) is 149 Å². The number of aryl methyl sites for hydroxylation is 2. The number of aromatic amines is 1. The SMILES string of the molecule is CCCc1nc(C)c2c(=O)[nH]c(-c3cc(S(=O)(=O)Nc4cccc(Cn5cncn5)c4)ccc3OCC)nn12. The smallest absolute Gasteiger partial charge is 0.277 e. The summed E-state index contributed by atoms with van der Waals surface area (Å²) < 4.78 is 38.4. The highest BCUT2D eigenvalue weighted by Gasteiger charge is 2.21. The molecule has 2 aromatic carbocycles. The van der Waals surface area contributed by atoms with E-state index in [9.17, 15) is 13.2 Å². The van der Waals surface area contributed by atoms with Crippen LogP contribution in [0.15, 0.2) is 64.8 Å². The van der Waals surface area contributed by atoms with Crippen LogP contribution in [0, 0.1) is 6.92 Å². The van der Waals surface area contributed by atoms with E-state index in [0.717, 1.165) is 12.0 Å². The molecule has 0 saturated carbocycles. The van der Waals surface area contributed by atoms with Gasteiger partial charge in [0.15, 0.2) is 11.3 Å². The lowest BCUT2D eigenvalue weighted by Gasteiger charge is -2.14. The number of H-pyrrole nitrogens is 1. The fourth-order valence-corrected chi connectivity index (χ4v) is 5.41. The van der Waals surface area contributed by atoms with Crippen molar-refractivity contribution in [3.8, 4) is 17.1 Å². The zero-order chi connectivity index (χ0) is 27.6. The van der Waals surface area contributed by atoms with E-state index in [1.165, 1.54) is 23.0 Å². The maximum absolute atomic E-state index is 13.4. The minimum absolute atomic E-state index is 0.0130. The molecule has 3 aromatic heterocycles. The lowest BCUT2D eigenvalue weighted by atomic mass is 10.2. The summed E-state index contributed by atoms with van der Waals surface area (Å²) in [6.07, 6.45) is 4.49. The van der Waals surface area contributed by atoms with Crippen molar-refractivity contribution in [1.82, 2.24) is 34.3 Å². The fourth-order valence-electron chi connectivity index (χ4n) is 4.33.